The van der Waals surface area contributed by atoms with Crippen LogP contribution in [0.2, 0.25) is 4.47 Å². The van der Waals surface area contributed by atoms with Gasteiger partial charge in [-0.1, -0.05) is 11.6 Å². The fourth-order valence-corrected chi connectivity index (χ4v) is 3.06. The number of hydrogen-bond acceptors (Lipinski definition) is 3. The first-order valence-electron chi connectivity index (χ1n) is 6.00. The van der Waals surface area contributed by atoms with Gasteiger partial charge in [0.05, 0.1) is 10.2 Å². The Morgan fingerprint density at radius 1 is 1.56 bits per heavy atom. The van der Waals surface area contributed by atoms with Crippen molar-refractivity contribution in [3.8, 4) is 0 Å². The first-order valence-corrected chi connectivity index (χ1v) is 7.20. The Morgan fingerprint density at radius 3 is 3.06 bits per heavy atom. The average molecular weight is 281 g/mol. The lowest BCUT2D eigenvalue weighted by Gasteiger charge is -2.12. The molecule has 0 bridgehead atoms. The molecule has 1 fully saturated rings. The molecule has 1 aliphatic carbocycles. The van der Waals surface area contributed by atoms with Crippen LogP contribution in [-0.2, 0) is 0 Å². The minimum Gasteiger partial charge on any atom is -0.349 e. The van der Waals surface area contributed by atoms with E-state index in [0.29, 0.717) is 15.9 Å². The Hall–Kier alpha value is -1.13. The predicted molar refractivity (Wildman–Crippen MR) is 74.3 cm³/mol. The first kappa shape index (κ1) is 11.9. The van der Waals surface area contributed by atoms with Crippen molar-refractivity contribution in [3.63, 3.8) is 0 Å². The normalized spacial score (nSPS) is 16.8. The second kappa shape index (κ2) is 4.52. The highest BCUT2D eigenvalue weighted by Crippen LogP contribution is 2.32. The maximum atomic E-state index is 12.1. The summed E-state index contributed by atoms with van der Waals surface area (Å²) in [4.78, 5) is 16.3. The van der Waals surface area contributed by atoms with Gasteiger partial charge in [-0.3, -0.25) is 4.79 Å². The molecular weight excluding hydrogens is 268 g/mol. The summed E-state index contributed by atoms with van der Waals surface area (Å²) in [5.74, 6) is 0.631. The number of carbonyl (C=O) groups excluding carboxylic acids is 1. The van der Waals surface area contributed by atoms with Crippen molar-refractivity contribution < 1.29 is 4.79 Å². The molecule has 0 radical (unpaired) electrons. The molecule has 0 unspecified atom stereocenters. The fraction of sp³-hybridized carbons (Fsp3) is 0.385. The van der Waals surface area contributed by atoms with Crippen LogP contribution in [0, 0.1) is 5.92 Å². The zero-order valence-corrected chi connectivity index (χ0v) is 11.5. The molecular formula is C13H13ClN2OS. The molecule has 1 aromatic carbocycles. The van der Waals surface area contributed by atoms with Crippen molar-refractivity contribution in [2.24, 2.45) is 5.92 Å². The second-order valence-corrected chi connectivity index (χ2v) is 6.36. The number of nitrogens with one attached hydrogen (secondary N) is 1. The molecule has 18 heavy (non-hydrogen) atoms. The summed E-state index contributed by atoms with van der Waals surface area (Å²) in [5.41, 5.74) is 1.44. The third-order valence-electron chi connectivity index (χ3n) is 3.31. The number of benzene rings is 1. The number of amides is 1. The summed E-state index contributed by atoms with van der Waals surface area (Å²) < 4.78 is 1.51. The predicted octanol–water partition coefficient (Wildman–Crippen LogP) is 3.48. The van der Waals surface area contributed by atoms with Crippen LogP contribution < -0.4 is 5.32 Å². The second-order valence-electron chi connectivity index (χ2n) is 4.75. The number of carbonyl (C=O) groups is 1. The summed E-state index contributed by atoms with van der Waals surface area (Å²) >= 11 is 7.28. The zero-order chi connectivity index (χ0) is 12.7. The monoisotopic (exact) mass is 280 g/mol. The van der Waals surface area contributed by atoms with Gasteiger partial charge in [-0.2, -0.15) is 0 Å². The van der Waals surface area contributed by atoms with Crippen LogP contribution in [-0.4, -0.2) is 16.9 Å². The summed E-state index contributed by atoms with van der Waals surface area (Å²) in [6.07, 6.45) is 2.45. The van der Waals surface area contributed by atoms with Gasteiger partial charge in [0.15, 0.2) is 4.47 Å². The van der Waals surface area contributed by atoms with Crippen LogP contribution in [0.1, 0.15) is 30.1 Å². The van der Waals surface area contributed by atoms with Crippen LogP contribution in [0.3, 0.4) is 0 Å². The van der Waals surface area contributed by atoms with E-state index >= 15 is 0 Å². The molecule has 1 aromatic heterocycles. The molecule has 1 saturated carbocycles. The number of fused-ring (bicyclic) bond motifs is 1. The van der Waals surface area contributed by atoms with Crippen molar-refractivity contribution in [1.82, 2.24) is 10.3 Å². The van der Waals surface area contributed by atoms with Crippen molar-refractivity contribution in [2.75, 3.05) is 0 Å². The van der Waals surface area contributed by atoms with Crippen molar-refractivity contribution in [3.05, 3.63) is 28.2 Å². The molecule has 0 spiro atoms. The SMILES string of the molecule is C[C@H](NC(=O)c1ccc2sc(Cl)nc2c1)C1CC1. The summed E-state index contributed by atoms with van der Waals surface area (Å²) in [6, 6.07) is 5.78. The van der Waals surface area contributed by atoms with Gasteiger partial charge in [-0.15, -0.1) is 11.3 Å². The highest BCUT2D eigenvalue weighted by molar-refractivity contribution is 7.22. The summed E-state index contributed by atoms with van der Waals surface area (Å²) in [7, 11) is 0. The minimum absolute atomic E-state index is 0.0274. The Labute approximate surface area is 114 Å². The Morgan fingerprint density at radius 2 is 2.33 bits per heavy atom. The first-order chi connectivity index (χ1) is 8.63. The molecule has 3 nitrogen and oxygen atoms in total. The molecule has 3 rings (SSSR count). The van der Waals surface area contributed by atoms with E-state index in [0.717, 1.165) is 10.2 Å². The summed E-state index contributed by atoms with van der Waals surface area (Å²) in [5, 5.41) is 3.03. The third kappa shape index (κ3) is 2.35. The molecule has 94 valence electrons. The van der Waals surface area contributed by atoms with E-state index in [1.54, 1.807) is 6.07 Å². The number of hydrogen-bond donors (Lipinski definition) is 1. The molecule has 1 aliphatic rings. The lowest BCUT2D eigenvalue weighted by atomic mass is 10.1. The average Bonchev–Trinajstić information content (AvgIpc) is 3.10. The van der Waals surface area contributed by atoms with E-state index in [-0.39, 0.29) is 11.9 Å². The van der Waals surface area contributed by atoms with Gasteiger partial charge >= 0.3 is 0 Å². The molecule has 2 aromatic rings. The highest BCUT2D eigenvalue weighted by atomic mass is 35.5. The fourth-order valence-electron chi connectivity index (χ4n) is 2.04. The topological polar surface area (TPSA) is 42.0 Å². The largest absolute Gasteiger partial charge is 0.349 e. The lowest BCUT2D eigenvalue weighted by Crippen LogP contribution is -2.33. The Bertz CT molecular complexity index is 606. The maximum Gasteiger partial charge on any atom is 0.251 e. The zero-order valence-electron chi connectivity index (χ0n) is 9.94. The van der Waals surface area contributed by atoms with E-state index in [2.05, 4.69) is 17.2 Å². The number of thiazole rings is 1. The van der Waals surface area contributed by atoms with E-state index in [4.69, 9.17) is 11.6 Å². The third-order valence-corrected chi connectivity index (χ3v) is 4.45. The van der Waals surface area contributed by atoms with Crippen molar-refractivity contribution >= 4 is 39.1 Å². The van der Waals surface area contributed by atoms with Crippen LogP contribution in [0.25, 0.3) is 10.2 Å². The smallest absolute Gasteiger partial charge is 0.251 e. The van der Waals surface area contributed by atoms with Gasteiger partial charge in [0.25, 0.3) is 5.91 Å². The van der Waals surface area contributed by atoms with Crippen LogP contribution in [0.15, 0.2) is 18.2 Å². The van der Waals surface area contributed by atoms with Crippen LogP contribution in [0.4, 0.5) is 0 Å². The van der Waals surface area contributed by atoms with E-state index in [1.807, 2.05) is 12.1 Å². The highest BCUT2D eigenvalue weighted by Gasteiger charge is 2.29. The Balaban J connectivity index is 1.81. The molecule has 5 heteroatoms. The lowest BCUT2D eigenvalue weighted by molar-refractivity contribution is 0.0936. The summed E-state index contributed by atoms with van der Waals surface area (Å²) in [6.45, 7) is 2.06. The van der Waals surface area contributed by atoms with Gasteiger partial charge in [-0.25, -0.2) is 4.98 Å². The number of rotatable bonds is 3. The van der Waals surface area contributed by atoms with Gasteiger partial charge in [-0.05, 0) is 43.9 Å². The molecule has 1 atom stereocenters. The molecule has 0 aliphatic heterocycles. The van der Waals surface area contributed by atoms with E-state index in [1.165, 1.54) is 24.2 Å². The standard InChI is InChI=1S/C13H13ClN2OS/c1-7(8-2-3-8)15-12(17)9-4-5-11-10(6-9)16-13(14)18-11/h4-8H,2-3H2,1H3,(H,15,17)/t7-/m0/s1. The molecule has 1 heterocycles. The van der Waals surface area contributed by atoms with Crippen molar-refractivity contribution in [1.29, 1.82) is 0 Å². The van der Waals surface area contributed by atoms with E-state index in [9.17, 15) is 4.79 Å². The molecule has 0 saturated heterocycles. The number of halogens is 1. The van der Waals surface area contributed by atoms with Crippen LogP contribution in [0.5, 0.6) is 0 Å². The molecule has 1 amide bonds. The maximum absolute atomic E-state index is 12.1. The minimum atomic E-state index is -0.0274. The quantitative estimate of drug-likeness (QED) is 0.935. The van der Waals surface area contributed by atoms with Gasteiger partial charge in [0.1, 0.15) is 0 Å². The Kier molecular flexibility index (Phi) is 2.99. The van der Waals surface area contributed by atoms with Gasteiger partial charge < -0.3 is 5.32 Å². The number of nitrogens with zero attached hydrogens (tertiary/aromatic N) is 1. The molecule has 1 N–H and O–H groups in total. The van der Waals surface area contributed by atoms with Crippen LogP contribution >= 0.6 is 22.9 Å². The van der Waals surface area contributed by atoms with E-state index < -0.39 is 0 Å². The number of aromatic nitrogens is 1. The van der Waals surface area contributed by atoms with Gasteiger partial charge in [0, 0.05) is 11.6 Å². The van der Waals surface area contributed by atoms with Crippen molar-refractivity contribution in [2.45, 2.75) is 25.8 Å². The van der Waals surface area contributed by atoms with Gasteiger partial charge in [0.2, 0.25) is 0 Å².